The maximum absolute atomic E-state index is 6.02. The average molecular weight is 244 g/mol. The first kappa shape index (κ1) is 9.91. The molecule has 2 atom stereocenters. The van der Waals surface area contributed by atoms with Crippen molar-refractivity contribution >= 4 is 23.2 Å². The predicted molar refractivity (Wildman–Crippen MR) is 60.5 cm³/mol. The van der Waals surface area contributed by atoms with Gasteiger partial charge in [0.05, 0.1) is 16.7 Å². The third-order valence-corrected chi connectivity index (χ3v) is 4.00. The second kappa shape index (κ2) is 3.36. The van der Waals surface area contributed by atoms with Crippen LogP contribution in [-0.4, -0.2) is 19.2 Å². The van der Waals surface area contributed by atoms with Gasteiger partial charge in [0.2, 0.25) is 0 Å². The van der Waals surface area contributed by atoms with Crippen molar-refractivity contribution in [1.82, 2.24) is 5.32 Å². The van der Waals surface area contributed by atoms with Gasteiger partial charge >= 0.3 is 0 Å². The van der Waals surface area contributed by atoms with Gasteiger partial charge in [0.1, 0.15) is 5.60 Å². The maximum atomic E-state index is 6.02. The quantitative estimate of drug-likeness (QED) is 0.819. The van der Waals surface area contributed by atoms with E-state index < -0.39 is 0 Å². The molecule has 15 heavy (non-hydrogen) atoms. The van der Waals surface area contributed by atoms with E-state index in [1.165, 1.54) is 0 Å². The molecule has 0 saturated carbocycles. The summed E-state index contributed by atoms with van der Waals surface area (Å²) >= 11 is 11.9. The molecule has 0 aliphatic carbocycles. The molecule has 2 aliphatic rings. The summed E-state index contributed by atoms with van der Waals surface area (Å²) in [5, 5.41) is 4.62. The summed E-state index contributed by atoms with van der Waals surface area (Å²) in [6.45, 7) is 1.66. The van der Waals surface area contributed by atoms with E-state index in [9.17, 15) is 0 Å². The molecular formula is C11H11Cl2NO. The van der Waals surface area contributed by atoms with Crippen molar-refractivity contribution < 1.29 is 4.74 Å². The lowest BCUT2D eigenvalue weighted by Crippen LogP contribution is -2.37. The molecule has 1 N–H and O–H groups in total. The molecule has 2 nitrogen and oxygen atoms in total. The van der Waals surface area contributed by atoms with Crippen LogP contribution in [0.3, 0.4) is 0 Å². The lowest BCUT2D eigenvalue weighted by Gasteiger charge is -2.27. The third kappa shape index (κ3) is 1.48. The van der Waals surface area contributed by atoms with Crippen LogP contribution in [0.2, 0.25) is 10.0 Å². The van der Waals surface area contributed by atoms with E-state index >= 15 is 0 Å². The number of nitrogens with one attached hydrogen (secondary N) is 1. The molecule has 2 aliphatic heterocycles. The zero-order valence-electron chi connectivity index (χ0n) is 8.09. The fourth-order valence-corrected chi connectivity index (χ4v) is 2.72. The molecular weight excluding hydrogens is 233 g/mol. The summed E-state index contributed by atoms with van der Waals surface area (Å²) in [6, 6.07) is 6.26. The smallest absolute Gasteiger partial charge is 0.107 e. The first-order chi connectivity index (χ1) is 7.20. The minimum absolute atomic E-state index is 0.168. The summed E-state index contributed by atoms with van der Waals surface area (Å²) in [7, 11) is 0. The molecule has 0 radical (unpaired) electrons. The van der Waals surface area contributed by atoms with Gasteiger partial charge < -0.3 is 10.1 Å². The molecule has 80 valence electrons. The van der Waals surface area contributed by atoms with Crippen molar-refractivity contribution in [3.63, 3.8) is 0 Å². The van der Waals surface area contributed by atoms with Crippen LogP contribution < -0.4 is 5.32 Å². The molecule has 4 heteroatoms. The van der Waals surface area contributed by atoms with Crippen LogP contribution in [0.25, 0.3) is 0 Å². The summed E-state index contributed by atoms with van der Waals surface area (Å²) in [6.07, 6.45) is 1.03. The molecule has 0 amide bonds. The molecule has 2 bridgehead atoms. The molecule has 0 aromatic heterocycles. The van der Waals surface area contributed by atoms with Gasteiger partial charge in [-0.15, -0.1) is 0 Å². The van der Waals surface area contributed by atoms with E-state index in [1.54, 1.807) is 0 Å². The Kier molecular flexibility index (Phi) is 2.22. The Balaban J connectivity index is 2.02. The van der Waals surface area contributed by atoms with E-state index in [0.29, 0.717) is 16.1 Å². The number of hydrogen-bond acceptors (Lipinski definition) is 2. The number of rotatable bonds is 1. The third-order valence-electron chi connectivity index (χ3n) is 3.26. The Labute approximate surface area is 98.5 Å². The molecule has 1 aromatic rings. The SMILES string of the molecule is Clc1ccc([C@@]23CN[C@@H](CO2)C3)cc1Cl. The Bertz CT molecular complexity index is 400. The van der Waals surface area contributed by atoms with Crippen LogP contribution in [0.1, 0.15) is 12.0 Å². The van der Waals surface area contributed by atoms with Gasteiger partial charge in [0.25, 0.3) is 0 Å². The predicted octanol–water partition coefficient (Wildman–Crippen LogP) is 2.58. The van der Waals surface area contributed by atoms with Crippen molar-refractivity contribution in [2.45, 2.75) is 18.1 Å². The summed E-state index contributed by atoms with van der Waals surface area (Å²) < 4.78 is 5.86. The molecule has 1 aromatic carbocycles. The van der Waals surface area contributed by atoms with Crippen LogP contribution >= 0.6 is 23.2 Å². The van der Waals surface area contributed by atoms with Crippen molar-refractivity contribution in [1.29, 1.82) is 0 Å². The Morgan fingerprint density at radius 3 is 2.73 bits per heavy atom. The van der Waals surface area contributed by atoms with Crippen LogP contribution in [0.15, 0.2) is 18.2 Å². The second-order valence-electron chi connectivity index (χ2n) is 4.22. The summed E-state index contributed by atoms with van der Waals surface area (Å²) in [5.41, 5.74) is 0.961. The molecule has 0 unspecified atom stereocenters. The van der Waals surface area contributed by atoms with E-state index in [4.69, 9.17) is 27.9 Å². The Hall–Kier alpha value is -0.280. The van der Waals surface area contributed by atoms with Crippen LogP contribution in [-0.2, 0) is 10.3 Å². The van der Waals surface area contributed by atoms with Crippen LogP contribution in [0.5, 0.6) is 0 Å². The second-order valence-corrected chi connectivity index (χ2v) is 5.03. The van der Waals surface area contributed by atoms with Gasteiger partial charge in [-0.05, 0) is 24.1 Å². The number of halogens is 2. The highest BCUT2D eigenvalue weighted by atomic mass is 35.5. The fraction of sp³-hybridized carbons (Fsp3) is 0.455. The highest BCUT2D eigenvalue weighted by Gasteiger charge is 2.47. The highest BCUT2D eigenvalue weighted by molar-refractivity contribution is 6.42. The minimum atomic E-state index is -0.168. The van der Waals surface area contributed by atoms with E-state index in [-0.39, 0.29) is 5.60 Å². The van der Waals surface area contributed by atoms with Gasteiger partial charge in [-0.1, -0.05) is 29.3 Å². The molecule has 2 heterocycles. The minimum Gasteiger partial charge on any atom is -0.367 e. The van der Waals surface area contributed by atoms with Gasteiger partial charge in [0, 0.05) is 12.6 Å². The topological polar surface area (TPSA) is 21.3 Å². The van der Waals surface area contributed by atoms with Crippen molar-refractivity contribution in [3.8, 4) is 0 Å². The number of ether oxygens (including phenoxy) is 1. The number of benzene rings is 1. The molecule has 3 rings (SSSR count). The lowest BCUT2D eigenvalue weighted by molar-refractivity contribution is -0.00957. The van der Waals surface area contributed by atoms with Crippen LogP contribution in [0.4, 0.5) is 0 Å². The fourth-order valence-electron chi connectivity index (χ4n) is 2.42. The van der Waals surface area contributed by atoms with E-state index in [1.807, 2.05) is 18.2 Å². The maximum Gasteiger partial charge on any atom is 0.107 e. The normalized spacial score (nSPS) is 33.6. The molecule has 0 spiro atoms. The summed E-state index contributed by atoms with van der Waals surface area (Å²) in [5.74, 6) is 0. The van der Waals surface area contributed by atoms with E-state index in [2.05, 4.69) is 5.32 Å². The standard InChI is InChI=1S/C11H11Cl2NO/c12-9-2-1-7(3-10(9)13)11-4-8(5-15-11)14-6-11/h1-3,8,14H,4-6H2/t8-,11-/m1/s1. The van der Waals surface area contributed by atoms with E-state index in [0.717, 1.165) is 25.1 Å². The zero-order chi connectivity index (χ0) is 10.5. The number of morpholine rings is 1. The first-order valence-electron chi connectivity index (χ1n) is 5.02. The van der Waals surface area contributed by atoms with Crippen LogP contribution in [0, 0.1) is 0 Å². The van der Waals surface area contributed by atoms with Crippen molar-refractivity contribution in [3.05, 3.63) is 33.8 Å². The molecule has 2 fully saturated rings. The van der Waals surface area contributed by atoms with Gasteiger partial charge in [-0.25, -0.2) is 0 Å². The zero-order valence-corrected chi connectivity index (χ0v) is 9.61. The van der Waals surface area contributed by atoms with Crippen molar-refractivity contribution in [2.75, 3.05) is 13.2 Å². The Morgan fingerprint density at radius 2 is 2.20 bits per heavy atom. The first-order valence-corrected chi connectivity index (χ1v) is 5.78. The van der Waals surface area contributed by atoms with Gasteiger partial charge in [-0.3, -0.25) is 0 Å². The largest absolute Gasteiger partial charge is 0.367 e. The van der Waals surface area contributed by atoms with Crippen molar-refractivity contribution in [2.24, 2.45) is 0 Å². The number of fused-ring (bicyclic) bond motifs is 2. The average Bonchev–Trinajstić information content (AvgIpc) is 2.83. The molecule has 2 saturated heterocycles. The van der Waals surface area contributed by atoms with Gasteiger partial charge in [0.15, 0.2) is 0 Å². The highest BCUT2D eigenvalue weighted by Crippen LogP contribution is 2.41. The number of hydrogen-bond donors (Lipinski definition) is 1. The Morgan fingerprint density at radius 1 is 1.33 bits per heavy atom. The lowest BCUT2D eigenvalue weighted by atomic mass is 9.93. The monoisotopic (exact) mass is 243 g/mol. The van der Waals surface area contributed by atoms with Gasteiger partial charge in [-0.2, -0.15) is 0 Å². The summed E-state index contributed by atoms with van der Waals surface area (Å²) in [4.78, 5) is 0.